The molecular formula is C22H29NO2. The fourth-order valence-electron chi connectivity index (χ4n) is 3.60. The lowest BCUT2D eigenvalue weighted by Crippen LogP contribution is -2.19. The lowest BCUT2D eigenvalue weighted by atomic mass is 9.78. The largest absolute Gasteiger partial charge is 0.497 e. The van der Waals surface area contributed by atoms with E-state index in [4.69, 9.17) is 9.47 Å². The highest BCUT2D eigenvalue weighted by atomic mass is 16.5. The SMILES string of the molecule is COc1ccc(Nc2cc3c(c(C(C)(C)C)c2C)OCC3(C)C)cc1. The van der Waals surface area contributed by atoms with Gasteiger partial charge in [-0.15, -0.1) is 0 Å². The van der Waals surface area contributed by atoms with Gasteiger partial charge >= 0.3 is 0 Å². The highest BCUT2D eigenvalue weighted by Gasteiger charge is 2.37. The second-order valence-electron chi connectivity index (χ2n) is 8.58. The molecule has 1 aliphatic rings. The van der Waals surface area contributed by atoms with Gasteiger partial charge in [0, 0.05) is 27.9 Å². The number of ether oxygens (including phenoxy) is 2. The minimum absolute atomic E-state index is 0.0200. The van der Waals surface area contributed by atoms with Crippen LogP contribution in [0.4, 0.5) is 11.4 Å². The van der Waals surface area contributed by atoms with E-state index in [0.717, 1.165) is 29.5 Å². The van der Waals surface area contributed by atoms with Gasteiger partial charge in [-0.05, 0) is 48.2 Å². The molecule has 2 aromatic carbocycles. The van der Waals surface area contributed by atoms with E-state index in [9.17, 15) is 0 Å². The predicted octanol–water partition coefficient (Wildman–Crippen LogP) is 5.71. The third-order valence-corrected chi connectivity index (χ3v) is 4.96. The Kier molecular flexibility index (Phi) is 4.22. The van der Waals surface area contributed by atoms with E-state index in [1.807, 2.05) is 24.3 Å². The van der Waals surface area contributed by atoms with E-state index in [0.29, 0.717) is 0 Å². The van der Waals surface area contributed by atoms with Gasteiger partial charge in [-0.25, -0.2) is 0 Å². The summed E-state index contributed by atoms with van der Waals surface area (Å²) in [5, 5.41) is 3.59. The molecule has 0 amide bonds. The molecular weight excluding hydrogens is 310 g/mol. The van der Waals surface area contributed by atoms with Crippen LogP contribution < -0.4 is 14.8 Å². The third-order valence-electron chi connectivity index (χ3n) is 4.96. The van der Waals surface area contributed by atoms with Crippen molar-refractivity contribution in [3.63, 3.8) is 0 Å². The van der Waals surface area contributed by atoms with Gasteiger partial charge in [0.15, 0.2) is 0 Å². The van der Waals surface area contributed by atoms with Gasteiger partial charge in [0.25, 0.3) is 0 Å². The maximum absolute atomic E-state index is 6.14. The molecule has 0 aromatic heterocycles. The third kappa shape index (κ3) is 3.20. The van der Waals surface area contributed by atoms with E-state index >= 15 is 0 Å². The number of benzene rings is 2. The Morgan fingerprint density at radius 1 is 1.12 bits per heavy atom. The Morgan fingerprint density at radius 3 is 2.32 bits per heavy atom. The Labute approximate surface area is 151 Å². The number of hydrogen-bond donors (Lipinski definition) is 1. The maximum atomic E-state index is 6.14. The summed E-state index contributed by atoms with van der Waals surface area (Å²) in [7, 11) is 1.69. The normalized spacial score (nSPS) is 15.5. The molecule has 3 rings (SSSR count). The summed E-state index contributed by atoms with van der Waals surface area (Å²) in [5.74, 6) is 1.94. The van der Waals surface area contributed by atoms with Crippen LogP contribution >= 0.6 is 0 Å². The van der Waals surface area contributed by atoms with Crippen molar-refractivity contribution in [1.29, 1.82) is 0 Å². The van der Waals surface area contributed by atoms with Gasteiger partial charge in [0.1, 0.15) is 11.5 Å². The first kappa shape index (κ1) is 17.7. The summed E-state index contributed by atoms with van der Waals surface area (Å²) >= 11 is 0. The topological polar surface area (TPSA) is 30.5 Å². The zero-order valence-electron chi connectivity index (χ0n) is 16.4. The Balaban J connectivity index is 2.10. The zero-order valence-corrected chi connectivity index (χ0v) is 16.4. The molecule has 134 valence electrons. The van der Waals surface area contributed by atoms with Crippen molar-refractivity contribution in [2.24, 2.45) is 0 Å². The molecule has 0 saturated carbocycles. The monoisotopic (exact) mass is 339 g/mol. The smallest absolute Gasteiger partial charge is 0.127 e. The van der Waals surface area contributed by atoms with E-state index in [2.05, 4.69) is 52.9 Å². The minimum atomic E-state index is 0.0200. The molecule has 1 N–H and O–H groups in total. The maximum Gasteiger partial charge on any atom is 0.127 e. The summed E-state index contributed by atoms with van der Waals surface area (Å²) in [6, 6.07) is 10.3. The van der Waals surface area contributed by atoms with Crippen LogP contribution in [0.2, 0.25) is 0 Å². The van der Waals surface area contributed by atoms with Crippen molar-refractivity contribution in [2.75, 3.05) is 19.0 Å². The van der Waals surface area contributed by atoms with E-state index in [1.165, 1.54) is 16.7 Å². The number of anilines is 2. The zero-order chi connectivity index (χ0) is 18.4. The summed E-state index contributed by atoms with van der Waals surface area (Å²) in [4.78, 5) is 0. The van der Waals surface area contributed by atoms with Crippen molar-refractivity contribution in [2.45, 2.75) is 52.4 Å². The highest BCUT2D eigenvalue weighted by Crippen LogP contribution is 2.48. The van der Waals surface area contributed by atoms with Crippen molar-refractivity contribution in [3.05, 3.63) is 47.0 Å². The number of nitrogens with one attached hydrogen (secondary N) is 1. The van der Waals surface area contributed by atoms with E-state index in [-0.39, 0.29) is 10.8 Å². The molecule has 0 aliphatic carbocycles. The lowest BCUT2D eigenvalue weighted by Gasteiger charge is -2.27. The van der Waals surface area contributed by atoms with Crippen LogP contribution in [0.3, 0.4) is 0 Å². The first-order valence-corrected chi connectivity index (χ1v) is 8.86. The first-order chi connectivity index (χ1) is 11.6. The second-order valence-corrected chi connectivity index (χ2v) is 8.58. The fraction of sp³-hybridized carbons (Fsp3) is 0.455. The molecule has 1 heterocycles. The molecule has 0 unspecified atom stereocenters. The average Bonchev–Trinajstić information content (AvgIpc) is 2.82. The fourth-order valence-corrected chi connectivity index (χ4v) is 3.60. The van der Waals surface area contributed by atoms with Crippen LogP contribution in [-0.2, 0) is 10.8 Å². The van der Waals surface area contributed by atoms with Crippen molar-refractivity contribution in [3.8, 4) is 11.5 Å². The summed E-state index contributed by atoms with van der Waals surface area (Å²) in [6.07, 6.45) is 0. The molecule has 0 atom stereocenters. The van der Waals surface area contributed by atoms with Crippen LogP contribution in [-0.4, -0.2) is 13.7 Å². The van der Waals surface area contributed by atoms with Gasteiger partial charge in [-0.2, -0.15) is 0 Å². The molecule has 2 aromatic rings. The lowest BCUT2D eigenvalue weighted by molar-refractivity contribution is 0.286. The standard InChI is InChI=1S/C22H29NO2/c1-14-18(23-15-8-10-16(24-7)11-9-15)12-17-20(19(14)21(2,3)4)25-13-22(17,5)6/h8-12,23H,13H2,1-7H3. The first-order valence-electron chi connectivity index (χ1n) is 8.86. The molecule has 25 heavy (non-hydrogen) atoms. The van der Waals surface area contributed by atoms with Gasteiger partial charge in [0.05, 0.1) is 13.7 Å². The van der Waals surface area contributed by atoms with Gasteiger partial charge in [-0.1, -0.05) is 34.6 Å². The molecule has 3 heteroatoms. The Hall–Kier alpha value is -2.16. The van der Waals surface area contributed by atoms with Crippen LogP contribution in [0, 0.1) is 6.92 Å². The second kappa shape index (κ2) is 5.98. The molecule has 3 nitrogen and oxygen atoms in total. The summed E-state index contributed by atoms with van der Waals surface area (Å²) in [6.45, 7) is 14.2. The Morgan fingerprint density at radius 2 is 1.76 bits per heavy atom. The molecule has 0 saturated heterocycles. The van der Waals surface area contributed by atoms with E-state index < -0.39 is 0 Å². The Bertz CT molecular complexity index is 783. The molecule has 0 radical (unpaired) electrons. The molecule has 0 bridgehead atoms. The van der Waals surface area contributed by atoms with Crippen LogP contribution in [0.1, 0.15) is 51.3 Å². The number of hydrogen-bond acceptors (Lipinski definition) is 3. The molecule has 1 aliphatic heterocycles. The van der Waals surface area contributed by atoms with Crippen LogP contribution in [0.25, 0.3) is 0 Å². The van der Waals surface area contributed by atoms with E-state index in [1.54, 1.807) is 7.11 Å². The minimum Gasteiger partial charge on any atom is -0.497 e. The van der Waals surface area contributed by atoms with Crippen molar-refractivity contribution < 1.29 is 9.47 Å². The highest BCUT2D eigenvalue weighted by molar-refractivity contribution is 5.71. The van der Waals surface area contributed by atoms with Crippen molar-refractivity contribution in [1.82, 2.24) is 0 Å². The number of fused-ring (bicyclic) bond motifs is 1. The van der Waals surface area contributed by atoms with Crippen LogP contribution in [0.5, 0.6) is 11.5 Å². The predicted molar refractivity (Wildman–Crippen MR) is 105 cm³/mol. The number of methoxy groups -OCH3 is 1. The summed E-state index contributed by atoms with van der Waals surface area (Å²) in [5.41, 5.74) is 6.09. The number of rotatable bonds is 3. The quantitative estimate of drug-likeness (QED) is 0.776. The molecule has 0 fully saturated rings. The van der Waals surface area contributed by atoms with Crippen LogP contribution in [0.15, 0.2) is 30.3 Å². The molecule has 0 spiro atoms. The van der Waals surface area contributed by atoms with Gasteiger partial charge in [-0.3, -0.25) is 0 Å². The van der Waals surface area contributed by atoms with Crippen molar-refractivity contribution >= 4 is 11.4 Å². The van der Waals surface area contributed by atoms with Gasteiger partial charge < -0.3 is 14.8 Å². The summed E-state index contributed by atoms with van der Waals surface area (Å²) < 4.78 is 11.4. The van der Waals surface area contributed by atoms with Gasteiger partial charge in [0.2, 0.25) is 0 Å². The average molecular weight is 339 g/mol.